The summed E-state index contributed by atoms with van der Waals surface area (Å²) < 4.78 is 17.0. The molecule has 0 aliphatic carbocycles. The number of unbranched alkanes of at least 4 members (excludes halogenated alkanes) is 54. The molecule has 0 heterocycles. The third kappa shape index (κ3) is 68.6. The first-order chi connectivity index (χ1) is 40.0. The van der Waals surface area contributed by atoms with Gasteiger partial charge in [-0.25, -0.2) is 0 Å². The Labute approximate surface area is 506 Å². The van der Waals surface area contributed by atoms with Crippen molar-refractivity contribution in [2.24, 2.45) is 0 Å². The summed E-state index contributed by atoms with van der Waals surface area (Å²) in [5, 5.41) is 0. The molecule has 0 saturated heterocycles. The minimum atomic E-state index is -0.772. The van der Waals surface area contributed by atoms with Gasteiger partial charge in [-0.05, 0) is 51.4 Å². The monoisotopic (exact) mass is 1140 g/mol. The standard InChI is InChI=1S/C75H142O6/c1-4-7-10-13-16-19-22-25-28-31-33-35-36-37-38-39-40-42-44-47-50-53-56-59-62-65-68-74(77)80-71-72(70-79-73(76)67-64-61-58-55-52-49-46-43-30-27-24-21-18-15-12-9-6-3)81-75(78)69-66-63-60-57-54-51-48-45-41-34-32-29-26-23-20-17-14-11-8-5-2/h18,21,27,30,72H,4-17,19-20,22-26,28-29,31-71H2,1-3H3/b21-18-,30-27-. The highest BCUT2D eigenvalue weighted by Gasteiger charge is 2.20. The van der Waals surface area contributed by atoms with Crippen LogP contribution in [-0.4, -0.2) is 37.2 Å². The van der Waals surface area contributed by atoms with Gasteiger partial charge in [-0.3, -0.25) is 14.4 Å². The number of allylic oxidation sites excluding steroid dienone is 4. The Morgan fingerprint density at radius 2 is 0.444 bits per heavy atom. The molecule has 0 aliphatic heterocycles. The molecule has 0 aromatic heterocycles. The summed E-state index contributed by atoms with van der Waals surface area (Å²) in [5.41, 5.74) is 0. The fourth-order valence-electron chi connectivity index (χ4n) is 11.4. The van der Waals surface area contributed by atoms with Crippen molar-refractivity contribution in [2.75, 3.05) is 13.2 Å². The number of carbonyl (C=O) groups is 3. The van der Waals surface area contributed by atoms with Crippen LogP contribution < -0.4 is 0 Å². The number of hydrogen-bond acceptors (Lipinski definition) is 6. The molecule has 0 radical (unpaired) electrons. The fraction of sp³-hybridized carbons (Fsp3) is 0.907. The summed E-state index contributed by atoms with van der Waals surface area (Å²) in [5.74, 6) is -0.839. The number of ether oxygens (including phenoxy) is 3. The van der Waals surface area contributed by atoms with Gasteiger partial charge in [-0.15, -0.1) is 0 Å². The van der Waals surface area contributed by atoms with E-state index in [0.29, 0.717) is 19.3 Å². The van der Waals surface area contributed by atoms with Crippen LogP contribution in [0.3, 0.4) is 0 Å². The minimum Gasteiger partial charge on any atom is -0.462 e. The van der Waals surface area contributed by atoms with Crippen LogP contribution in [0, 0.1) is 0 Å². The van der Waals surface area contributed by atoms with Gasteiger partial charge in [0.2, 0.25) is 0 Å². The lowest BCUT2D eigenvalue weighted by Crippen LogP contribution is -2.30. The lowest BCUT2D eigenvalue weighted by molar-refractivity contribution is -0.167. The van der Waals surface area contributed by atoms with Crippen LogP contribution >= 0.6 is 0 Å². The Bertz CT molecular complexity index is 1310. The zero-order valence-electron chi connectivity index (χ0n) is 55.1. The molecule has 81 heavy (non-hydrogen) atoms. The Hall–Kier alpha value is -2.11. The molecule has 0 bridgehead atoms. The molecule has 0 amide bonds. The molecule has 0 aliphatic rings. The highest BCUT2D eigenvalue weighted by atomic mass is 16.6. The predicted octanol–water partition coefficient (Wildman–Crippen LogP) is 25.3. The second-order valence-electron chi connectivity index (χ2n) is 25.2. The van der Waals surface area contributed by atoms with Crippen LogP contribution in [0.25, 0.3) is 0 Å². The maximum absolute atomic E-state index is 13.0. The molecular weight excluding hydrogens is 997 g/mol. The zero-order valence-corrected chi connectivity index (χ0v) is 55.1. The van der Waals surface area contributed by atoms with Crippen molar-refractivity contribution in [2.45, 2.75) is 425 Å². The lowest BCUT2D eigenvalue weighted by Gasteiger charge is -2.18. The molecule has 0 aromatic rings. The van der Waals surface area contributed by atoms with Gasteiger partial charge in [0.05, 0.1) is 0 Å². The van der Waals surface area contributed by atoms with E-state index in [4.69, 9.17) is 14.2 Å². The molecule has 0 saturated carbocycles. The Morgan fingerprint density at radius 3 is 0.704 bits per heavy atom. The average Bonchev–Trinajstić information content (AvgIpc) is 3.47. The third-order valence-electron chi connectivity index (χ3n) is 17.0. The van der Waals surface area contributed by atoms with E-state index in [0.717, 1.165) is 70.6 Å². The van der Waals surface area contributed by atoms with Crippen molar-refractivity contribution in [1.82, 2.24) is 0 Å². The number of carbonyl (C=O) groups excluding carboxylic acids is 3. The minimum absolute atomic E-state index is 0.0669. The second-order valence-corrected chi connectivity index (χ2v) is 25.2. The Kier molecular flexibility index (Phi) is 68.5. The van der Waals surface area contributed by atoms with Gasteiger partial charge in [0.15, 0.2) is 6.10 Å². The first kappa shape index (κ1) is 78.9. The molecule has 6 heteroatoms. The smallest absolute Gasteiger partial charge is 0.306 e. The van der Waals surface area contributed by atoms with E-state index in [1.165, 1.54) is 308 Å². The van der Waals surface area contributed by atoms with E-state index in [2.05, 4.69) is 45.1 Å². The van der Waals surface area contributed by atoms with Crippen LogP contribution in [0.15, 0.2) is 24.3 Å². The quantitative estimate of drug-likeness (QED) is 0.0261. The summed E-state index contributed by atoms with van der Waals surface area (Å²) in [6.45, 7) is 6.70. The third-order valence-corrected chi connectivity index (χ3v) is 17.0. The number of esters is 3. The van der Waals surface area contributed by atoms with Crippen molar-refractivity contribution in [3.05, 3.63) is 24.3 Å². The van der Waals surface area contributed by atoms with Gasteiger partial charge >= 0.3 is 17.9 Å². The molecule has 0 aromatic carbocycles. The van der Waals surface area contributed by atoms with Crippen molar-refractivity contribution in [1.29, 1.82) is 0 Å². The first-order valence-electron chi connectivity index (χ1n) is 36.8. The van der Waals surface area contributed by atoms with E-state index in [9.17, 15) is 14.4 Å². The maximum Gasteiger partial charge on any atom is 0.306 e. The lowest BCUT2D eigenvalue weighted by atomic mass is 10.0. The number of hydrogen-bond donors (Lipinski definition) is 0. The van der Waals surface area contributed by atoms with Crippen LogP contribution in [0.4, 0.5) is 0 Å². The SMILES string of the molecule is CCCCC/C=C\C/C=C\CCCCCCCCCC(=O)OCC(COC(=O)CCCCCCCCCCCCCCCCCCCCCCCCCCCC)OC(=O)CCCCCCCCCCCCCCCCCCCCCC. The number of rotatable bonds is 69. The highest BCUT2D eigenvalue weighted by molar-refractivity contribution is 5.71. The molecule has 1 atom stereocenters. The van der Waals surface area contributed by atoms with E-state index < -0.39 is 6.10 Å². The summed E-state index contributed by atoms with van der Waals surface area (Å²) in [7, 11) is 0. The maximum atomic E-state index is 13.0. The average molecular weight is 1140 g/mol. The molecule has 0 spiro atoms. The summed E-state index contributed by atoms with van der Waals surface area (Å²) >= 11 is 0. The predicted molar refractivity (Wildman–Crippen MR) is 353 cm³/mol. The van der Waals surface area contributed by atoms with Gasteiger partial charge in [-0.1, -0.05) is 373 Å². The normalized spacial score (nSPS) is 12.1. The van der Waals surface area contributed by atoms with E-state index in [1.807, 2.05) is 0 Å². The molecule has 6 nitrogen and oxygen atoms in total. The Balaban J connectivity index is 4.25. The van der Waals surface area contributed by atoms with Gasteiger partial charge in [0.25, 0.3) is 0 Å². The molecule has 0 N–H and O–H groups in total. The molecule has 0 rings (SSSR count). The van der Waals surface area contributed by atoms with Crippen molar-refractivity contribution >= 4 is 17.9 Å². The Morgan fingerprint density at radius 1 is 0.247 bits per heavy atom. The van der Waals surface area contributed by atoms with E-state index in [1.54, 1.807) is 0 Å². The van der Waals surface area contributed by atoms with Crippen molar-refractivity contribution in [3.8, 4) is 0 Å². The van der Waals surface area contributed by atoms with Crippen LogP contribution in [0.2, 0.25) is 0 Å². The first-order valence-corrected chi connectivity index (χ1v) is 36.8. The van der Waals surface area contributed by atoms with Gasteiger partial charge in [0.1, 0.15) is 13.2 Å². The van der Waals surface area contributed by atoms with E-state index in [-0.39, 0.29) is 31.1 Å². The summed E-state index contributed by atoms with van der Waals surface area (Å²) in [6.07, 6.45) is 86.4. The molecule has 478 valence electrons. The summed E-state index contributed by atoms with van der Waals surface area (Å²) in [6, 6.07) is 0. The topological polar surface area (TPSA) is 78.9 Å². The zero-order chi connectivity index (χ0) is 58.5. The molecule has 0 fully saturated rings. The van der Waals surface area contributed by atoms with Crippen LogP contribution in [-0.2, 0) is 28.6 Å². The van der Waals surface area contributed by atoms with Crippen molar-refractivity contribution in [3.63, 3.8) is 0 Å². The molecular formula is C75H142O6. The van der Waals surface area contributed by atoms with Gasteiger partial charge in [-0.2, -0.15) is 0 Å². The van der Waals surface area contributed by atoms with Gasteiger partial charge in [0, 0.05) is 19.3 Å². The van der Waals surface area contributed by atoms with Crippen LogP contribution in [0.1, 0.15) is 419 Å². The highest BCUT2D eigenvalue weighted by Crippen LogP contribution is 2.19. The van der Waals surface area contributed by atoms with E-state index >= 15 is 0 Å². The van der Waals surface area contributed by atoms with Gasteiger partial charge < -0.3 is 14.2 Å². The fourth-order valence-corrected chi connectivity index (χ4v) is 11.4. The molecule has 1 unspecified atom stereocenters. The van der Waals surface area contributed by atoms with Crippen molar-refractivity contribution < 1.29 is 28.6 Å². The largest absolute Gasteiger partial charge is 0.462 e. The van der Waals surface area contributed by atoms with Crippen LogP contribution in [0.5, 0.6) is 0 Å². The summed E-state index contributed by atoms with van der Waals surface area (Å²) in [4.78, 5) is 38.5. The second kappa shape index (κ2) is 70.4.